The lowest BCUT2D eigenvalue weighted by Gasteiger charge is -2.28. The van der Waals surface area contributed by atoms with Gasteiger partial charge in [-0.1, -0.05) is 103 Å². The third-order valence-corrected chi connectivity index (χ3v) is 5.72. The van der Waals surface area contributed by atoms with E-state index in [1.807, 2.05) is 0 Å². The van der Waals surface area contributed by atoms with Crippen molar-refractivity contribution in [2.45, 2.75) is 123 Å². The van der Waals surface area contributed by atoms with Crippen molar-refractivity contribution < 1.29 is 21.5 Å². The van der Waals surface area contributed by atoms with Gasteiger partial charge in [0, 0.05) is 0 Å². The van der Waals surface area contributed by atoms with Crippen molar-refractivity contribution in [3.63, 3.8) is 0 Å². The van der Waals surface area contributed by atoms with Gasteiger partial charge >= 0.3 is 0 Å². The standard InChI is InChI=1S/C23H50N.BrH/c1-5-7-8-9-10-11-12-13-14-15-16-17-18-19-20-21-22-23-24(3,4)6-2;/h5-23H2,1-4H3;1H/q+1;/p-1. The summed E-state index contributed by atoms with van der Waals surface area (Å²) < 4.78 is 1.19. The third-order valence-electron chi connectivity index (χ3n) is 5.72. The molecular weight excluding hydrogens is 370 g/mol. The molecule has 0 saturated carbocycles. The van der Waals surface area contributed by atoms with E-state index in [-0.39, 0.29) is 17.0 Å². The molecule has 1 nitrogen and oxygen atoms in total. The Hall–Kier alpha value is 0.440. The largest absolute Gasteiger partial charge is 1.00 e. The Kier molecular flexibility index (Phi) is 23.0. The molecule has 0 aromatic heterocycles. The zero-order valence-corrected chi connectivity index (χ0v) is 19.8. The second kappa shape index (κ2) is 20.7. The first kappa shape index (κ1) is 27.7. The van der Waals surface area contributed by atoms with Gasteiger partial charge in [0.15, 0.2) is 0 Å². The number of hydrogen-bond donors (Lipinski definition) is 0. The highest BCUT2D eigenvalue weighted by Crippen LogP contribution is 2.14. The summed E-state index contributed by atoms with van der Waals surface area (Å²) in [6, 6.07) is 0. The first-order chi connectivity index (χ1) is 11.6. The summed E-state index contributed by atoms with van der Waals surface area (Å²) in [5.74, 6) is 0. The highest BCUT2D eigenvalue weighted by molar-refractivity contribution is 4.50. The van der Waals surface area contributed by atoms with E-state index in [9.17, 15) is 0 Å². The van der Waals surface area contributed by atoms with Crippen LogP contribution in [-0.4, -0.2) is 31.7 Å². The minimum atomic E-state index is 0. The molecule has 0 aliphatic heterocycles. The van der Waals surface area contributed by atoms with Crippen LogP contribution >= 0.6 is 0 Å². The van der Waals surface area contributed by atoms with Crippen LogP contribution in [0.2, 0.25) is 0 Å². The van der Waals surface area contributed by atoms with Crippen molar-refractivity contribution >= 4 is 0 Å². The minimum Gasteiger partial charge on any atom is -1.00 e. The normalized spacial score (nSPS) is 11.5. The number of rotatable bonds is 19. The van der Waals surface area contributed by atoms with Crippen molar-refractivity contribution in [2.75, 3.05) is 27.2 Å². The lowest BCUT2D eigenvalue weighted by Crippen LogP contribution is -3.00. The second-order valence-electron chi connectivity index (χ2n) is 8.63. The Morgan fingerprint density at radius 2 is 0.720 bits per heavy atom. The van der Waals surface area contributed by atoms with Crippen LogP contribution in [0, 0.1) is 0 Å². The van der Waals surface area contributed by atoms with E-state index in [0.717, 1.165) is 0 Å². The maximum atomic E-state index is 2.35. The maximum absolute atomic E-state index is 2.35. The van der Waals surface area contributed by atoms with Gasteiger partial charge in [0.05, 0.1) is 27.2 Å². The van der Waals surface area contributed by atoms with E-state index in [0.29, 0.717) is 0 Å². The molecule has 154 valence electrons. The Morgan fingerprint density at radius 1 is 0.440 bits per heavy atom. The predicted molar refractivity (Wildman–Crippen MR) is 112 cm³/mol. The Balaban J connectivity index is 0. The zero-order chi connectivity index (χ0) is 17.9. The van der Waals surface area contributed by atoms with Gasteiger partial charge in [-0.05, 0) is 19.8 Å². The number of unbranched alkanes of at least 4 members (excludes halogenated alkanes) is 16. The van der Waals surface area contributed by atoms with Crippen molar-refractivity contribution in [1.82, 2.24) is 0 Å². The number of halogens is 1. The molecule has 0 aromatic carbocycles. The molecule has 0 rings (SSSR count). The summed E-state index contributed by atoms with van der Waals surface area (Å²) in [4.78, 5) is 0. The Morgan fingerprint density at radius 3 is 1.00 bits per heavy atom. The van der Waals surface area contributed by atoms with Crippen molar-refractivity contribution in [3.05, 3.63) is 0 Å². The highest BCUT2D eigenvalue weighted by atomic mass is 79.9. The first-order valence-corrected chi connectivity index (χ1v) is 11.4. The number of nitrogens with zero attached hydrogens (tertiary/aromatic N) is 1. The average Bonchev–Trinajstić information content (AvgIpc) is 2.57. The fourth-order valence-corrected chi connectivity index (χ4v) is 3.42. The summed E-state index contributed by atoms with van der Waals surface area (Å²) in [6.45, 7) is 7.22. The molecule has 2 heteroatoms. The van der Waals surface area contributed by atoms with Gasteiger partial charge in [0.25, 0.3) is 0 Å². The van der Waals surface area contributed by atoms with Crippen LogP contribution in [-0.2, 0) is 0 Å². The summed E-state index contributed by atoms with van der Waals surface area (Å²) in [6.07, 6.45) is 24.9. The molecule has 0 spiro atoms. The summed E-state index contributed by atoms with van der Waals surface area (Å²) in [7, 11) is 4.71. The fraction of sp³-hybridized carbons (Fsp3) is 1.00. The topological polar surface area (TPSA) is 0 Å². The molecule has 0 bridgehead atoms. The SMILES string of the molecule is CCCCCCCCCCCCCCCCCCC[N+](C)(C)CC.[Br-]. The van der Waals surface area contributed by atoms with Crippen LogP contribution in [0.25, 0.3) is 0 Å². The van der Waals surface area contributed by atoms with Gasteiger partial charge in [0.1, 0.15) is 0 Å². The van der Waals surface area contributed by atoms with E-state index in [1.54, 1.807) is 0 Å². The van der Waals surface area contributed by atoms with E-state index in [4.69, 9.17) is 0 Å². The monoisotopic (exact) mass is 419 g/mol. The molecule has 0 aromatic rings. The van der Waals surface area contributed by atoms with Gasteiger partial charge in [0.2, 0.25) is 0 Å². The van der Waals surface area contributed by atoms with E-state index in [1.165, 1.54) is 127 Å². The molecule has 0 N–H and O–H groups in total. The van der Waals surface area contributed by atoms with E-state index < -0.39 is 0 Å². The van der Waals surface area contributed by atoms with Gasteiger partial charge in [-0.3, -0.25) is 0 Å². The quantitative estimate of drug-likeness (QED) is 0.209. The first-order valence-electron chi connectivity index (χ1n) is 11.4. The molecular formula is C23H50BrN. The van der Waals surface area contributed by atoms with Crippen LogP contribution in [0.4, 0.5) is 0 Å². The van der Waals surface area contributed by atoms with Crippen LogP contribution < -0.4 is 17.0 Å². The van der Waals surface area contributed by atoms with Crippen LogP contribution in [0.1, 0.15) is 123 Å². The second-order valence-corrected chi connectivity index (χ2v) is 8.63. The fourth-order valence-electron chi connectivity index (χ4n) is 3.42. The Bertz CT molecular complexity index is 240. The lowest BCUT2D eigenvalue weighted by molar-refractivity contribution is -0.888. The van der Waals surface area contributed by atoms with Gasteiger partial charge < -0.3 is 21.5 Å². The van der Waals surface area contributed by atoms with Crippen LogP contribution in [0.15, 0.2) is 0 Å². The Labute approximate surface area is 171 Å². The molecule has 25 heavy (non-hydrogen) atoms. The molecule has 0 amide bonds. The molecule has 0 radical (unpaired) electrons. The summed E-state index contributed by atoms with van der Waals surface area (Å²) >= 11 is 0. The van der Waals surface area contributed by atoms with Gasteiger partial charge in [-0.25, -0.2) is 0 Å². The van der Waals surface area contributed by atoms with E-state index in [2.05, 4.69) is 27.9 Å². The number of quaternary nitrogens is 1. The van der Waals surface area contributed by atoms with Crippen LogP contribution in [0.5, 0.6) is 0 Å². The molecule has 0 fully saturated rings. The zero-order valence-electron chi connectivity index (χ0n) is 18.3. The molecule has 0 saturated heterocycles. The molecule has 0 aliphatic carbocycles. The minimum absolute atomic E-state index is 0. The smallest absolute Gasteiger partial charge is 0.0782 e. The van der Waals surface area contributed by atoms with Crippen LogP contribution in [0.3, 0.4) is 0 Å². The van der Waals surface area contributed by atoms with Gasteiger partial charge in [-0.15, -0.1) is 0 Å². The predicted octanol–water partition coefficient (Wildman–Crippen LogP) is 4.74. The van der Waals surface area contributed by atoms with Crippen molar-refractivity contribution in [2.24, 2.45) is 0 Å². The van der Waals surface area contributed by atoms with Gasteiger partial charge in [-0.2, -0.15) is 0 Å². The van der Waals surface area contributed by atoms with E-state index >= 15 is 0 Å². The summed E-state index contributed by atoms with van der Waals surface area (Å²) in [5.41, 5.74) is 0. The summed E-state index contributed by atoms with van der Waals surface area (Å²) in [5, 5.41) is 0. The van der Waals surface area contributed by atoms with Crippen molar-refractivity contribution in [1.29, 1.82) is 0 Å². The van der Waals surface area contributed by atoms with Crippen molar-refractivity contribution in [3.8, 4) is 0 Å². The maximum Gasteiger partial charge on any atom is 0.0782 e. The molecule has 0 aliphatic rings. The highest BCUT2D eigenvalue weighted by Gasteiger charge is 2.09. The third kappa shape index (κ3) is 22.4. The number of hydrogen-bond acceptors (Lipinski definition) is 0. The molecule has 0 unspecified atom stereocenters. The molecule has 0 atom stereocenters. The average molecular weight is 421 g/mol. The molecule has 0 heterocycles. The lowest BCUT2D eigenvalue weighted by atomic mass is 10.0.